The first-order chi connectivity index (χ1) is 20.5. The Hall–Kier alpha value is -3.18. The van der Waals surface area contributed by atoms with Gasteiger partial charge < -0.3 is 19.6 Å². The monoisotopic (exact) mass is 603 g/mol. The van der Waals surface area contributed by atoms with Crippen molar-refractivity contribution in [2.75, 3.05) is 50.8 Å². The number of carboxylic acids is 1. The maximum atomic E-state index is 13.9. The van der Waals surface area contributed by atoms with Crippen LogP contribution in [0.25, 0.3) is 0 Å². The lowest BCUT2D eigenvalue weighted by atomic mass is 9.79. The molecular formula is C32H37F4N3O4. The van der Waals surface area contributed by atoms with E-state index < -0.39 is 29.2 Å². The van der Waals surface area contributed by atoms with Gasteiger partial charge in [-0.2, -0.15) is 13.2 Å². The summed E-state index contributed by atoms with van der Waals surface area (Å²) in [4.78, 5) is 32.0. The van der Waals surface area contributed by atoms with Crippen LogP contribution in [-0.4, -0.2) is 84.3 Å². The lowest BCUT2D eigenvalue weighted by molar-refractivity contribution is -0.177. The summed E-state index contributed by atoms with van der Waals surface area (Å²) in [5.41, 5.74) is -0.248. The van der Waals surface area contributed by atoms with Crippen LogP contribution in [-0.2, 0) is 20.5 Å². The van der Waals surface area contributed by atoms with Crippen molar-refractivity contribution in [1.29, 1.82) is 0 Å². The molecule has 232 valence electrons. The molecule has 3 heterocycles. The minimum absolute atomic E-state index is 0.00782. The summed E-state index contributed by atoms with van der Waals surface area (Å²) in [5, 5.41) is 10.0. The molecule has 43 heavy (non-hydrogen) atoms. The number of hydrogen-bond donors (Lipinski definition) is 1. The van der Waals surface area contributed by atoms with Gasteiger partial charge in [-0.05, 0) is 86.4 Å². The average Bonchev–Trinajstić information content (AvgIpc) is 3.87. The number of alkyl halides is 3. The highest BCUT2D eigenvalue weighted by Crippen LogP contribution is 2.48. The Balaban J connectivity index is 1.07. The van der Waals surface area contributed by atoms with Gasteiger partial charge in [0, 0.05) is 44.5 Å². The van der Waals surface area contributed by atoms with Gasteiger partial charge in [0.1, 0.15) is 11.4 Å². The van der Waals surface area contributed by atoms with E-state index in [9.17, 15) is 32.3 Å². The van der Waals surface area contributed by atoms with Gasteiger partial charge in [0.05, 0.1) is 18.1 Å². The molecule has 1 aliphatic carbocycles. The lowest BCUT2D eigenvalue weighted by Crippen LogP contribution is -2.61. The molecule has 4 atom stereocenters. The third kappa shape index (κ3) is 6.11. The van der Waals surface area contributed by atoms with Crippen molar-refractivity contribution >= 4 is 17.6 Å². The van der Waals surface area contributed by atoms with Crippen LogP contribution in [0.5, 0.6) is 0 Å². The van der Waals surface area contributed by atoms with Crippen LogP contribution in [0.3, 0.4) is 0 Å². The Labute approximate surface area is 248 Å². The molecule has 0 bridgehead atoms. The van der Waals surface area contributed by atoms with Crippen molar-refractivity contribution in [3.05, 3.63) is 65.5 Å². The van der Waals surface area contributed by atoms with Crippen molar-refractivity contribution in [3.8, 4) is 0 Å². The number of carboxylic acid groups (broad SMARTS) is 1. The summed E-state index contributed by atoms with van der Waals surface area (Å²) >= 11 is 0. The van der Waals surface area contributed by atoms with E-state index in [1.54, 1.807) is 23.1 Å². The normalized spacial score (nSPS) is 29.0. The molecule has 2 aromatic carbocycles. The van der Waals surface area contributed by atoms with Gasteiger partial charge in [-0.15, -0.1) is 0 Å². The predicted molar refractivity (Wildman–Crippen MR) is 151 cm³/mol. The van der Waals surface area contributed by atoms with Gasteiger partial charge in [0.2, 0.25) is 0 Å². The highest BCUT2D eigenvalue weighted by atomic mass is 19.4. The van der Waals surface area contributed by atoms with Crippen LogP contribution in [0, 0.1) is 17.7 Å². The molecule has 3 saturated heterocycles. The summed E-state index contributed by atoms with van der Waals surface area (Å²) in [6.07, 6.45) is -0.643. The molecule has 1 amide bonds. The van der Waals surface area contributed by atoms with Gasteiger partial charge >= 0.3 is 12.1 Å². The molecule has 1 N–H and O–H groups in total. The maximum absolute atomic E-state index is 13.9. The maximum Gasteiger partial charge on any atom is 0.416 e. The van der Waals surface area contributed by atoms with E-state index in [1.165, 1.54) is 18.2 Å². The van der Waals surface area contributed by atoms with Crippen LogP contribution in [0.4, 0.5) is 23.2 Å². The summed E-state index contributed by atoms with van der Waals surface area (Å²) in [5.74, 6) is -1.92. The summed E-state index contributed by atoms with van der Waals surface area (Å²) < 4.78 is 59.6. The molecule has 0 unspecified atom stereocenters. The number of carbonyl (C=O) groups is 2. The van der Waals surface area contributed by atoms with E-state index >= 15 is 0 Å². The van der Waals surface area contributed by atoms with Crippen LogP contribution in [0.1, 0.15) is 49.1 Å². The number of piperazine rings is 1. The Bertz CT molecular complexity index is 1320. The zero-order chi connectivity index (χ0) is 30.4. The number of amides is 1. The van der Waals surface area contributed by atoms with E-state index in [1.807, 2.05) is 4.90 Å². The number of carbonyl (C=O) groups excluding carboxylic acids is 1. The van der Waals surface area contributed by atoms with Crippen LogP contribution < -0.4 is 4.90 Å². The fraction of sp³-hybridized carbons (Fsp3) is 0.562. The van der Waals surface area contributed by atoms with Crippen LogP contribution in [0.15, 0.2) is 48.5 Å². The van der Waals surface area contributed by atoms with Crippen LogP contribution >= 0.6 is 0 Å². The Morgan fingerprint density at radius 1 is 0.930 bits per heavy atom. The van der Waals surface area contributed by atoms with Gasteiger partial charge in [0.15, 0.2) is 0 Å². The van der Waals surface area contributed by atoms with Gasteiger partial charge in [0.25, 0.3) is 5.91 Å². The first-order valence-corrected chi connectivity index (χ1v) is 15.1. The average molecular weight is 604 g/mol. The zero-order valence-electron chi connectivity index (χ0n) is 23.9. The molecule has 0 radical (unpaired) electrons. The molecule has 6 rings (SSSR count). The number of rotatable bonds is 6. The summed E-state index contributed by atoms with van der Waals surface area (Å²) in [6.45, 7) is 3.11. The quantitative estimate of drug-likeness (QED) is 0.468. The van der Waals surface area contributed by atoms with E-state index in [-0.39, 0.29) is 29.6 Å². The van der Waals surface area contributed by atoms with Gasteiger partial charge in [-0.25, -0.2) is 4.39 Å². The van der Waals surface area contributed by atoms with E-state index in [0.717, 1.165) is 37.0 Å². The topological polar surface area (TPSA) is 73.3 Å². The molecule has 7 nitrogen and oxygen atoms in total. The first kappa shape index (κ1) is 29.9. The second kappa shape index (κ2) is 11.7. The van der Waals surface area contributed by atoms with Crippen molar-refractivity contribution in [3.63, 3.8) is 0 Å². The fourth-order valence-electron chi connectivity index (χ4n) is 7.27. The largest absolute Gasteiger partial charge is 0.481 e. The molecule has 0 spiro atoms. The standard InChI is InChI=1S/C32H37F4N3O4/c33-24-8-4-21(5-9-24)27-11-13-39(19-28(27)29(40)41)26-10-12-31(43-20-26,22-6-7-22)30(42)38-16-14-37(15-17-38)25-3-1-2-23(18-25)32(34,35)36/h1-5,8-9,18,22,26-28H,6-7,10-17,19-20H2,(H,40,41)/t26-,27+,28-,31+/m1/s1. The van der Waals surface area contributed by atoms with Gasteiger partial charge in [-0.1, -0.05) is 18.2 Å². The number of benzene rings is 2. The Morgan fingerprint density at radius 3 is 2.26 bits per heavy atom. The molecule has 4 fully saturated rings. The van der Waals surface area contributed by atoms with Crippen LogP contribution in [0.2, 0.25) is 0 Å². The number of anilines is 1. The Morgan fingerprint density at radius 2 is 1.65 bits per heavy atom. The Kier molecular flexibility index (Phi) is 8.14. The number of halogens is 4. The number of piperidine rings is 1. The molecule has 0 aromatic heterocycles. The highest BCUT2D eigenvalue weighted by molar-refractivity contribution is 5.86. The van der Waals surface area contributed by atoms with Crippen molar-refractivity contribution in [1.82, 2.24) is 9.80 Å². The minimum Gasteiger partial charge on any atom is -0.481 e. The van der Waals surface area contributed by atoms with E-state index in [0.29, 0.717) is 64.4 Å². The second-order valence-corrected chi connectivity index (χ2v) is 12.4. The SMILES string of the molecule is O=C(O)[C@@H]1CN([C@@H]2CC[C@@](C(=O)N3CCN(c4cccc(C(F)(F)F)c4)CC3)(C3CC3)OC2)CC[C@H]1c1ccc(F)cc1. The number of ether oxygens (including phenoxy) is 1. The zero-order valence-corrected chi connectivity index (χ0v) is 23.9. The first-order valence-electron chi connectivity index (χ1n) is 15.1. The van der Waals surface area contributed by atoms with Crippen molar-refractivity contribution in [2.24, 2.45) is 11.8 Å². The third-order valence-electron chi connectivity index (χ3n) is 9.86. The lowest BCUT2D eigenvalue weighted by Gasteiger charge is -2.48. The van der Waals surface area contributed by atoms with E-state index in [4.69, 9.17) is 4.74 Å². The summed E-state index contributed by atoms with van der Waals surface area (Å²) in [7, 11) is 0. The van der Waals surface area contributed by atoms with E-state index in [2.05, 4.69) is 4.90 Å². The van der Waals surface area contributed by atoms with Gasteiger partial charge in [-0.3, -0.25) is 14.5 Å². The number of nitrogens with zero attached hydrogens (tertiary/aromatic N) is 3. The molecule has 3 aliphatic heterocycles. The molecule has 11 heteroatoms. The smallest absolute Gasteiger partial charge is 0.416 e. The molecule has 1 saturated carbocycles. The number of hydrogen-bond acceptors (Lipinski definition) is 5. The number of aliphatic carboxylic acids is 1. The molecular weight excluding hydrogens is 566 g/mol. The molecule has 4 aliphatic rings. The predicted octanol–water partition coefficient (Wildman–Crippen LogP) is 5.01. The van der Waals surface area contributed by atoms with Crippen molar-refractivity contribution in [2.45, 2.75) is 55.8 Å². The third-order valence-corrected chi connectivity index (χ3v) is 9.86. The highest BCUT2D eigenvalue weighted by Gasteiger charge is 2.56. The molecule has 2 aromatic rings. The second-order valence-electron chi connectivity index (χ2n) is 12.4. The summed E-state index contributed by atoms with van der Waals surface area (Å²) in [6, 6.07) is 11.4. The fourth-order valence-corrected chi connectivity index (χ4v) is 7.27. The number of likely N-dealkylation sites (tertiary alicyclic amines) is 1. The van der Waals surface area contributed by atoms with Crippen molar-refractivity contribution < 1.29 is 37.0 Å². The minimum atomic E-state index is -4.41.